The number of thiazole rings is 1. The summed E-state index contributed by atoms with van der Waals surface area (Å²) in [6.07, 6.45) is 3.08. The van der Waals surface area contributed by atoms with E-state index in [1.165, 1.54) is 25.0 Å². The molecule has 0 unspecified atom stereocenters. The van der Waals surface area contributed by atoms with Crippen LogP contribution in [0, 0.1) is 11.7 Å². The number of hydrogen-bond acceptors (Lipinski definition) is 5. The van der Waals surface area contributed by atoms with Crippen molar-refractivity contribution in [3.8, 4) is 0 Å². The van der Waals surface area contributed by atoms with Crippen molar-refractivity contribution in [1.82, 2.24) is 4.98 Å². The molecule has 28 heavy (non-hydrogen) atoms. The summed E-state index contributed by atoms with van der Waals surface area (Å²) in [6.45, 7) is 7.68. The van der Waals surface area contributed by atoms with E-state index in [-0.39, 0.29) is 11.7 Å². The summed E-state index contributed by atoms with van der Waals surface area (Å²) in [6, 6.07) is 6.35. The summed E-state index contributed by atoms with van der Waals surface area (Å²) < 4.78 is 13.4. The Kier molecular flexibility index (Phi) is 6.54. The molecule has 1 aliphatic rings. The molecule has 2 N–H and O–H groups in total. The maximum atomic E-state index is 13.4. The van der Waals surface area contributed by atoms with Crippen LogP contribution < -0.4 is 15.5 Å². The van der Waals surface area contributed by atoms with Crippen LogP contribution in [0.4, 0.5) is 15.2 Å². The second-order valence-electron chi connectivity index (χ2n) is 7.79. The Balaban J connectivity index is 1.87. The molecule has 1 aromatic carbocycles. The largest absolute Gasteiger partial charge is 0.368 e. The van der Waals surface area contributed by atoms with Crippen molar-refractivity contribution in [2.45, 2.75) is 58.7 Å². The molecule has 7 heteroatoms. The molecule has 152 valence electrons. The normalized spacial score (nSPS) is 14.9. The van der Waals surface area contributed by atoms with Gasteiger partial charge in [0.05, 0.1) is 12.2 Å². The number of benzene rings is 1. The van der Waals surface area contributed by atoms with Gasteiger partial charge in [-0.25, -0.2) is 9.37 Å². The lowest BCUT2D eigenvalue weighted by Crippen LogP contribution is -2.45. The van der Waals surface area contributed by atoms with Gasteiger partial charge >= 0.3 is 0 Å². The molecule has 0 bridgehead atoms. The summed E-state index contributed by atoms with van der Waals surface area (Å²) in [5, 5.41) is 3.07. The molecule has 1 aromatic heterocycles. The van der Waals surface area contributed by atoms with Crippen molar-refractivity contribution in [2.75, 3.05) is 16.3 Å². The number of rotatable bonds is 10. The number of carbonyl (C=O) groups is 1. The van der Waals surface area contributed by atoms with Gasteiger partial charge in [0.1, 0.15) is 11.9 Å². The summed E-state index contributed by atoms with van der Waals surface area (Å²) in [5.41, 5.74) is 7.42. The third-order valence-electron chi connectivity index (χ3n) is 5.00. The second kappa shape index (κ2) is 8.90. The molecule has 1 saturated carbocycles. The fraction of sp³-hybridized carbons (Fsp3) is 0.524. The number of aromatic nitrogens is 1. The van der Waals surface area contributed by atoms with Gasteiger partial charge in [0.2, 0.25) is 5.91 Å². The van der Waals surface area contributed by atoms with Crippen molar-refractivity contribution in [2.24, 2.45) is 11.7 Å². The molecule has 1 heterocycles. The molecular formula is C21H29FN4OS. The predicted molar refractivity (Wildman–Crippen MR) is 113 cm³/mol. The zero-order valence-electron chi connectivity index (χ0n) is 16.8. The maximum absolute atomic E-state index is 13.4. The van der Waals surface area contributed by atoms with Crippen molar-refractivity contribution in [1.29, 1.82) is 0 Å². The van der Waals surface area contributed by atoms with Crippen LogP contribution in [0.15, 0.2) is 29.6 Å². The van der Waals surface area contributed by atoms with Gasteiger partial charge in [0.15, 0.2) is 5.13 Å². The summed E-state index contributed by atoms with van der Waals surface area (Å²) >= 11 is 1.64. The second-order valence-corrected chi connectivity index (χ2v) is 8.63. The molecule has 1 aliphatic carbocycles. The van der Waals surface area contributed by atoms with Crippen LogP contribution in [-0.4, -0.2) is 29.5 Å². The molecular weight excluding hydrogens is 375 g/mol. The van der Waals surface area contributed by atoms with E-state index in [9.17, 15) is 9.18 Å². The van der Waals surface area contributed by atoms with E-state index in [0.29, 0.717) is 24.9 Å². The fourth-order valence-electron chi connectivity index (χ4n) is 3.47. The Labute approximate surface area is 170 Å². The van der Waals surface area contributed by atoms with Crippen molar-refractivity contribution < 1.29 is 9.18 Å². The van der Waals surface area contributed by atoms with Gasteiger partial charge in [-0.05, 0) is 56.4 Å². The van der Waals surface area contributed by atoms with Crippen molar-refractivity contribution in [3.63, 3.8) is 0 Å². The zero-order valence-corrected chi connectivity index (χ0v) is 17.6. The van der Waals surface area contributed by atoms with Crippen molar-refractivity contribution >= 4 is 28.1 Å². The van der Waals surface area contributed by atoms with Crippen LogP contribution >= 0.6 is 11.3 Å². The summed E-state index contributed by atoms with van der Waals surface area (Å²) in [4.78, 5) is 21.4. The number of nitrogens with zero attached hydrogens (tertiary/aromatic N) is 3. The van der Waals surface area contributed by atoms with E-state index in [1.54, 1.807) is 23.5 Å². The van der Waals surface area contributed by atoms with Gasteiger partial charge in [-0.1, -0.05) is 13.8 Å². The van der Waals surface area contributed by atoms with E-state index in [2.05, 4.69) is 25.7 Å². The number of nitrogens with two attached hydrogens (primary N) is 1. The number of amides is 1. The Morgan fingerprint density at radius 1 is 1.32 bits per heavy atom. The average Bonchev–Trinajstić information content (AvgIpc) is 3.37. The molecule has 0 spiro atoms. The van der Waals surface area contributed by atoms with E-state index in [0.717, 1.165) is 23.1 Å². The molecule has 2 aromatic rings. The van der Waals surface area contributed by atoms with Gasteiger partial charge in [-0.15, -0.1) is 11.3 Å². The Morgan fingerprint density at radius 2 is 2.00 bits per heavy atom. The minimum atomic E-state index is -0.471. The van der Waals surface area contributed by atoms with Crippen LogP contribution in [0.5, 0.6) is 0 Å². The number of carbonyl (C=O) groups excluding carboxylic acids is 1. The summed E-state index contributed by atoms with van der Waals surface area (Å²) in [7, 11) is 0. The van der Waals surface area contributed by atoms with Crippen molar-refractivity contribution in [3.05, 3.63) is 41.2 Å². The highest BCUT2D eigenvalue weighted by Gasteiger charge is 2.30. The predicted octanol–water partition coefficient (Wildman–Crippen LogP) is 4.18. The molecule has 1 amide bonds. The molecule has 3 rings (SSSR count). The van der Waals surface area contributed by atoms with Crippen LogP contribution in [0.3, 0.4) is 0 Å². The van der Waals surface area contributed by atoms with Gasteiger partial charge < -0.3 is 15.5 Å². The molecule has 1 atom stereocenters. The van der Waals surface area contributed by atoms with Gasteiger partial charge in [0, 0.05) is 23.7 Å². The minimum Gasteiger partial charge on any atom is -0.368 e. The van der Waals surface area contributed by atoms with Gasteiger partial charge in [0.25, 0.3) is 0 Å². The highest BCUT2D eigenvalue weighted by molar-refractivity contribution is 7.13. The van der Waals surface area contributed by atoms with E-state index in [1.807, 2.05) is 10.3 Å². The van der Waals surface area contributed by atoms with E-state index in [4.69, 9.17) is 10.7 Å². The number of hydrogen-bond donors (Lipinski definition) is 1. The average molecular weight is 405 g/mol. The minimum absolute atomic E-state index is 0.303. The first-order chi connectivity index (χ1) is 13.4. The monoisotopic (exact) mass is 404 g/mol. The topological polar surface area (TPSA) is 62.5 Å². The molecule has 0 saturated heterocycles. The lowest BCUT2D eigenvalue weighted by Gasteiger charge is -2.32. The molecule has 1 fully saturated rings. The number of primary amides is 1. The SMILES string of the molecule is CCN(c1nc(CN(c2ccc(F)cc2)[C@@H](CC(C)C)C(N)=O)cs1)C1CC1. The first kappa shape index (κ1) is 20.6. The van der Waals surface area contributed by atoms with Crippen LogP contribution in [0.1, 0.15) is 45.7 Å². The smallest absolute Gasteiger partial charge is 0.240 e. The fourth-order valence-corrected chi connectivity index (χ4v) is 4.42. The van der Waals surface area contributed by atoms with Gasteiger partial charge in [-0.3, -0.25) is 4.79 Å². The highest BCUT2D eigenvalue weighted by atomic mass is 32.1. The Hall–Kier alpha value is -2.15. The molecule has 0 aliphatic heterocycles. The van der Waals surface area contributed by atoms with Crippen LogP contribution in [0.25, 0.3) is 0 Å². The quantitative estimate of drug-likeness (QED) is 0.645. The maximum Gasteiger partial charge on any atom is 0.240 e. The Morgan fingerprint density at radius 3 is 2.54 bits per heavy atom. The lowest BCUT2D eigenvalue weighted by molar-refractivity contribution is -0.119. The van der Waals surface area contributed by atoms with Crippen LogP contribution in [-0.2, 0) is 11.3 Å². The number of halogens is 1. The molecule has 0 radical (unpaired) electrons. The lowest BCUT2D eigenvalue weighted by atomic mass is 10.0. The standard InChI is InChI=1S/C21H29FN4OS/c1-4-25(17-9-10-17)21-24-16(13-28-21)12-26(18-7-5-15(22)6-8-18)19(20(23)27)11-14(2)3/h5-8,13-14,17,19H,4,9-12H2,1-3H3,(H2,23,27)/t19-/m0/s1. The molecule has 5 nitrogen and oxygen atoms in total. The third-order valence-corrected chi connectivity index (χ3v) is 5.93. The van der Waals surface area contributed by atoms with E-state index < -0.39 is 6.04 Å². The summed E-state index contributed by atoms with van der Waals surface area (Å²) in [5.74, 6) is -0.374. The Bertz CT molecular complexity index is 788. The van der Waals surface area contributed by atoms with E-state index >= 15 is 0 Å². The zero-order chi connectivity index (χ0) is 20.3. The van der Waals surface area contributed by atoms with Gasteiger partial charge in [-0.2, -0.15) is 0 Å². The first-order valence-corrected chi connectivity index (χ1v) is 10.8. The van der Waals surface area contributed by atoms with Crippen LogP contribution in [0.2, 0.25) is 0 Å². The highest BCUT2D eigenvalue weighted by Crippen LogP contribution is 2.34. The third kappa shape index (κ3) is 5.01. The first-order valence-electron chi connectivity index (χ1n) is 9.91. The number of anilines is 2.